The van der Waals surface area contributed by atoms with Gasteiger partial charge in [0, 0.05) is 38.6 Å². The highest BCUT2D eigenvalue weighted by atomic mass is 35.5. The number of carbonyl (C=O) groups is 2. The van der Waals surface area contributed by atoms with Crippen molar-refractivity contribution in [3.8, 4) is 0 Å². The van der Waals surface area contributed by atoms with Gasteiger partial charge in [-0.25, -0.2) is 4.39 Å². The second-order valence-electron chi connectivity index (χ2n) is 6.73. The smallest absolute Gasteiger partial charge is 0.256 e. The summed E-state index contributed by atoms with van der Waals surface area (Å²) in [5.74, 6) is -0.872. The van der Waals surface area contributed by atoms with Crippen molar-refractivity contribution in [3.05, 3.63) is 71.5 Å². The minimum Gasteiger partial charge on any atom is -0.341 e. The van der Waals surface area contributed by atoms with Crippen molar-refractivity contribution in [1.82, 2.24) is 9.80 Å². The molecule has 2 aromatic carbocycles. The Morgan fingerprint density at radius 3 is 2.25 bits per heavy atom. The monoisotopic (exact) mass is 405 g/mol. The largest absolute Gasteiger partial charge is 0.341 e. The number of amides is 2. The Morgan fingerprint density at radius 1 is 0.929 bits per heavy atom. The maximum Gasteiger partial charge on any atom is 0.256 e. The van der Waals surface area contributed by atoms with Crippen LogP contribution in [0.1, 0.15) is 34.8 Å². The average Bonchev–Trinajstić information content (AvgIpc) is 2.95. The molecule has 2 amide bonds. The zero-order valence-electron chi connectivity index (χ0n) is 15.6. The number of nitrogens with zero attached hydrogens (tertiary/aromatic N) is 2. The van der Waals surface area contributed by atoms with Crippen molar-refractivity contribution in [1.29, 1.82) is 0 Å². The first-order valence-corrected chi connectivity index (χ1v) is 9.18. The molecule has 2 N–H and O–H groups in total. The van der Waals surface area contributed by atoms with E-state index in [4.69, 9.17) is 5.73 Å². The van der Waals surface area contributed by atoms with Gasteiger partial charge in [0.05, 0.1) is 5.56 Å². The van der Waals surface area contributed by atoms with Crippen molar-refractivity contribution < 1.29 is 14.0 Å². The van der Waals surface area contributed by atoms with Gasteiger partial charge in [0.1, 0.15) is 5.82 Å². The molecule has 0 saturated carbocycles. The van der Waals surface area contributed by atoms with Gasteiger partial charge in [-0.05, 0) is 24.1 Å². The zero-order valence-corrected chi connectivity index (χ0v) is 16.4. The highest BCUT2D eigenvalue weighted by Gasteiger charge is 2.25. The molecule has 1 atom stereocenters. The molecule has 1 saturated heterocycles. The molecular formula is C21H25ClFN3O2. The lowest BCUT2D eigenvalue weighted by Crippen LogP contribution is -2.38. The van der Waals surface area contributed by atoms with Crippen LogP contribution in [0.4, 0.5) is 4.39 Å². The van der Waals surface area contributed by atoms with Gasteiger partial charge in [0.25, 0.3) is 5.91 Å². The predicted molar refractivity (Wildman–Crippen MR) is 109 cm³/mol. The van der Waals surface area contributed by atoms with Crippen LogP contribution >= 0.6 is 12.4 Å². The summed E-state index contributed by atoms with van der Waals surface area (Å²) in [6.07, 6.45) is 0.887. The molecule has 3 rings (SSSR count). The molecule has 2 aromatic rings. The fourth-order valence-electron chi connectivity index (χ4n) is 3.31. The van der Waals surface area contributed by atoms with E-state index in [1.54, 1.807) is 21.9 Å². The predicted octanol–water partition coefficient (Wildman–Crippen LogP) is 3.01. The molecule has 150 valence electrons. The van der Waals surface area contributed by atoms with Crippen LogP contribution in [0.2, 0.25) is 0 Å². The second-order valence-corrected chi connectivity index (χ2v) is 6.73. The quantitative estimate of drug-likeness (QED) is 0.850. The van der Waals surface area contributed by atoms with Gasteiger partial charge in [0.15, 0.2) is 0 Å². The zero-order chi connectivity index (χ0) is 19.2. The normalized spacial score (nSPS) is 15.4. The van der Waals surface area contributed by atoms with E-state index in [2.05, 4.69) is 0 Å². The van der Waals surface area contributed by atoms with Crippen LogP contribution in [-0.4, -0.2) is 47.8 Å². The lowest BCUT2D eigenvalue weighted by Gasteiger charge is -2.23. The van der Waals surface area contributed by atoms with Gasteiger partial charge in [-0.15, -0.1) is 12.4 Å². The van der Waals surface area contributed by atoms with Gasteiger partial charge in [-0.3, -0.25) is 9.59 Å². The fraction of sp³-hybridized carbons (Fsp3) is 0.333. The number of carbonyl (C=O) groups excluding carboxylic acids is 2. The molecule has 0 radical (unpaired) electrons. The van der Waals surface area contributed by atoms with Crippen molar-refractivity contribution >= 4 is 24.2 Å². The first kappa shape index (κ1) is 21.9. The van der Waals surface area contributed by atoms with Gasteiger partial charge in [0.2, 0.25) is 5.91 Å². The number of benzene rings is 2. The average molecular weight is 406 g/mol. The second kappa shape index (κ2) is 10.2. The van der Waals surface area contributed by atoms with Crippen LogP contribution in [0.3, 0.4) is 0 Å². The molecule has 1 aliphatic heterocycles. The van der Waals surface area contributed by atoms with Crippen LogP contribution in [0.5, 0.6) is 0 Å². The standard InChI is InChI=1S/C21H24FN3O2.ClH/c22-18-10-5-4-9-17(18)21(27)25-12-6-11-24(13-14-25)20(26)15-19(23)16-7-2-1-3-8-16;/h1-5,7-10,19H,6,11-15,23H2;1H. The number of halogens is 2. The van der Waals surface area contributed by atoms with E-state index in [-0.39, 0.29) is 42.2 Å². The molecule has 7 heteroatoms. The summed E-state index contributed by atoms with van der Waals surface area (Å²) < 4.78 is 13.9. The molecule has 0 spiro atoms. The molecule has 0 aliphatic carbocycles. The molecule has 5 nitrogen and oxygen atoms in total. The van der Waals surface area contributed by atoms with Crippen LogP contribution < -0.4 is 5.73 Å². The molecule has 1 fully saturated rings. The van der Waals surface area contributed by atoms with E-state index < -0.39 is 5.82 Å². The Labute approximate surface area is 170 Å². The number of rotatable bonds is 4. The highest BCUT2D eigenvalue weighted by molar-refractivity contribution is 5.94. The Balaban J connectivity index is 0.00000280. The van der Waals surface area contributed by atoms with Crippen molar-refractivity contribution in [2.24, 2.45) is 5.73 Å². The third-order valence-corrected chi connectivity index (χ3v) is 4.86. The summed E-state index contributed by atoms with van der Waals surface area (Å²) in [7, 11) is 0. The van der Waals surface area contributed by atoms with Crippen molar-refractivity contribution in [2.45, 2.75) is 18.9 Å². The van der Waals surface area contributed by atoms with E-state index in [9.17, 15) is 14.0 Å². The minimum absolute atomic E-state index is 0. The minimum atomic E-state index is -0.520. The van der Waals surface area contributed by atoms with E-state index >= 15 is 0 Å². The van der Waals surface area contributed by atoms with E-state index in [0.29, 0.717) is 32.6 Å². The number of hydrogen-bond donors (Lipinski definition) is 1. The first-order chi connectivity index (χ1) is 13.1. The highest BCUT2D eigenvalue weighted by Crippen LogP contribution is 2.17. The molecule has 28 heavy (non-hydrogen) atoms. The van der Waals surface area contributed by atoms with Crippen LogP contribution in [0.15, 0.2) is 54.6 Å². The Hall–Kier alpha value is -2.44. The van der Waals surface area contributed by atoms with Crippen LogP contribution in [-0.2, 0) is 4.79 Å². The Kier molecular flexibility index (Phi) is 7.96. The number of nitrogens with two attached hydrogens (primary N) is 1. The van der Waals surface area contributed by atoms with Crippen molar-refractivity contribution in [3.63, 3.8) is 0 Å². The molecule has 0 aromatic heterocycles. The van der Waals surface area contributed by atoms with E-state index in [0.717, 1.165) is 5.56 Å². The fourth-order valence-corrected chi connectivity index (χ4v) is 3.31. The van der Waals surface area contributed by atoms with E-state index in [1.807, 2.05) is 30.3 Å². The van der Waals surface area contributed by atoms with Crippen molar-refractivity contribution in [2.75, 3.05) is 26.2 Å². The molecule has 1 heterocycles. The van der Waals surface area contributed by atoms with Gasteiger partial charge >= 0.3 is 0 Å². The van der Waals surface area contributed by atoms with E-state index in [1.165, 1.54) is 12.1 Å². The van der Waals surface area contributed by atoms with Crippen LogP contribution in [0.25, 0.3) is 0 Å². The Morgan fingerprint density at radius 2 is 1.54 bits per heavy atom. The first-order valence-electron chi connectivity index (χ1n) is 9.18. The summed E-state index contributed by atoms with van der Waals surface area (Å²) in [6, 6.07) is 15.2. The van der Waals surface area contributed by atoms with Gasteiger partial charge < -0.3 is 15.5 Å². The molecule has 1 unspecified atom stereocenters. The lowest BCUT2D eigenvalue weighted by atomic mass is 10.0. The summed E-state index contributed by atoms with van der Waals surface area (Å²) in [5.41, 5.74) is 7.16. The molecule has 0 bridgehead atoms. The summed E-state index contributed by atoms with van der Waals surface area (Å²) in [4.78, 5) is 28.6. The summed E-state index contributed by atoms with van der Waals surface area (Å²) in [6.45, 7) is 1.89. The summed E-state index contributed by atoms with van der Waals surface area (Å²) >= 11 is 0. The SMILES string of the molecule is Cl.NC(CC(=O)N1CCCN(C(=O)c2ccccc2F)CC1)c1ccccc1. The molecular weight excluding hydrogens is 381 g/mol. The maximum atomic E-state index is 13.9. The van der Waals surface area contributed by atoms with Crippen LogP contribution in [0, 0.1) is 5.82 Å². The molecule has 1 aliphatic rings. The van der Waals surface area contributed by atoms with Gasteiger partial charge in [-0.2, -0.15) is 0 Å². The topological polar surface area (TPSA) is 66.6 Å². The third-order valence-electron chi connectivity index (χ3n) is 4.86. The summed E-state index contributed by atoms with van der Waals surface area (Å²) in [5, 5.41) is 0. The van der Waals surface area contributed by atoms with Gasteiger partial charge in [-0.1, -0.05) is 42.5 Å². The maximum absolute atomic E-state index is 13.9. The third kappa shape index (κ3) is 5.30. The Bertz CT molecular complexity index is 803. The lowest BCUT2D eigenvalue weighted by molar-refractivity contribution is -0.131. The number of hydrogen-bond acceptors (Lipinski definition) is 3.